The number of benzene rings is 1. The molecule has 1 aliphatic rings. The Morgan fingerprint density at radius 3 is 3.00 bits per heavy atom. The molecule has 0 spiro atoms. The molecule has 3 N–H and O–H groups in total. The number of aliphatic hydroxyl groups excluding tert-OH is 1. The van der Waals surface area contributed by atoms with E-state index in [9.17, 15) is 9.90 Å². The summed E-state index contributed by atoms with van der Waals surface area (Å²) in [6.45, 7) is 0.667. The molecule has 4 rings (SSSR count). The summed E-state index contributed by atoms with van der Waals surface area (Å²) in [6.07, 6.45) is 4.07. The van der Waals surface area contributed by atoms with Crippen molar-refractivity contribution in [1.82, 2.24) is 25.1 Å². The minimum absolute atomic E-state index is 0.229. The predicted octanol–water partition coefficient (Wildman–Crippen LogP) is 1.98. The molecule has 130 valence electrons. The first-order valence-electron chi connectivity index (χ1n) is 8.20. The summed E-state index contributed by atoms with van der Waals surface area (Å²) in [6, 6.07) is 7.18. The summed E-state index contributed by atoms with van der Waals surface area (Å²) in [7, 11) is 0. The van der Waals surface area contributed by atoms with E-state index in [-0.39, 0.29) is 23.7 Å². The van der Waals surface area contributed by atoms with Crippen LogP contribution in [-0.4, -0.2) is 42.9 Å². The highest BCUT2D eigenvalue weighted by Crippen LogP contribution is 2.28. The molecule has 7 nitrogen and oxygen atoms in total. The number of para-hydroxylation sites is 2. The molecule has 1 aromatic carbocycles. The van der Waals surface area contributed by atoms with E-state index in [1.54, 1.807) is 17.1 Å². The van der Waals surface area contributed by atoms with Crippen LogP contribution in [0.25, 0.3) is 11.0 Å². The molecule has 2 heterocycles. The Labute approximate surface area is 149 Å². The highest BCUT2D eigenvalue weighted by molar-refractivity contribution is 6.30. The fourth-order valence-electron chi connectivity index (χ4n) is 3.42. The second kappa shape index (κ2) is 6.50. The van der Waals surface area contributed by atoms with Crippen LogP contribution < -0.4 is 5.32 Å². The van der Waals surface area contributed by atoms with Gasteiger partial charge in [0, 0.05) is 12.7 Å². The number of aromatic nitrogens is 4. The van der Waals surface area contributed by atoms with Gasteiger partial charge < -0.3 is 15.4 Å². The first kappa shape index (κ1) is 16.1. The number of nitrogens with one attached hydrogen (secondary N) is 2. The Kier molecular flexibility index (Phi) is 4.19. The average Bonchev–Trinajstić information content (AvgIpc) is 3.27. The zero-order valence-corrected chi connectivity index (χ0v) is 14.1. The maximum atomic E-state index is 12.4. The number of aliphatic hydroxyl groups is 1. The average molecular weight is 360 g/mol. The van der Waals surface area contributed by atoms with Gasteiger partial charge >= 0.3 is 0 Å². The number of rotatable bonds is 4. The predicted molar refractivity (Wildman–Crippen MR) is 93.3 cm³/mol. The molecule has 8 heteroatoms. The van der Waals surface area contributed by atoms with Gasteiger partial charge in [0.2, 0.25) is 0 Å². The number of hydrogen-bond donors (Lipinski definition) is 3. The third kappa shape index (κ3) is 3.38. The van der Waals surface area contributed by atoms with E-state index in [4.69, 9.17) is 11.6 Å². The third-order valence-electron chi connectivity index (χ3n) is 4.59. The lowest BCUT2D eigenvalue weighted by molar-refractivity contribution is 0.0864. The van der Waals surface area contributed by atoms with Crippen molar-refractivity contribution < 1.29 is 9.90 Å². The summed E-state index contributed by atoms with van der Waals surface area (Å²) in [5.74, 6) is 0.186. The van der Waals surface area contributed by atoms with Gasteiger partial charge in [-0.3, -0.25) is 9.48 Å². The standard InChI is InChI=1S/C17H18ClN5O2/c18-11-7-19-23(9-11)8-10-5-14(15(24)6-10)22-17(25)16-20-12-3-1-2-4-13(12)21-16/h1-4,7,9-10,14-15,24H,5-6,8H2,(H,20,21)(H,22,25)/t10?,14-,15-/m1/s1. The number of hydrogen-bond acceptors (Lipinski definition) is 4. The van der Waals surface area contributed by atoms with Crippen LogP contribution in [-0.2, 0) is 6.54 Å². The molecule has 0 saturated heterocycles. The number of aromatic amines is 1. The summed E-state index contributed by atoms with van der Waals surface area (Å²) < 4.78 is 1.77. The minimum Gasteiger partial charge on any atom is -0.391 e. The number of carbonyl (C=O) groups is 1. The van der Waals surface area contributed by atoms with E-state index in [0.29, 0.717) is 24.4 Å². The molecule has 2 aromatic heterocycles. The quantitative estimate of drug-likeness (QED) is 0.663. The Balaban J connectivity index is 1.40. The number of carbonyl (C=O) groups excluding carboxylic acids is 1. The molecule has 3 aromatic rings. The van der Waals surface area contributed by atoms with Gasteiger partial charge in [0.05, 0.1) is 34.4 Å². The molecule has 3 atom stereocenters. The Bertz CT molecular complexity index is 872. The van der Waals surface area contributed by atoms with Crippen molar-refractivity contribution >= 4 is 28.5 Å². The molecule has 1 fully saturated rings. The maximum absolute atomic E-state index is 12.4. The number of H-pyrrole nitrogens is 1. The van der Waals surface area contributed by atoms with E-state index in [2.05, 4.69) is 20.4 Å². The fourth-order valence-corrected chi connectivity index (χ4v) is 3.58. The number of amides is 1. The minimum atomic E-state index is -0.579. The Morgan fingerprint density at radius 1 is 1.40 bits per heavy atom. The summed E-state index contributed by atoms with van der Waals surface area (Å²) in [4.78, 5) is 19.7. The molecule has 25 heavy (non-hydrogen) atoms. The summed E-state index contributed by atoms with van der Waals surface area (Å²) >= 11 is 5.87. The van der Waals surface area contributed by atoms with Crippen molar-refractivity contribution in [2.45, 2.75) is 31.5 Å². The monoisotopic (exact) mass is 359 g/mol. The van der Waals surface area contributed by atoms with Gasteiger partial charge in [0.25, 0.3) is 5.91 Å². The number of nitrogens with zero attached hydrogens (tertiary/aromatic N) is 3. The number of imidazole rings is 1. The largest absolute Gasteiger partial charge is 0.391 e. The number of halogens is 1. The summed E-state index contributed by atoms with van der Waals surface area (Å²) in [5, 5.41) is 17.9. The lowest BCUT2D eigenvalue weighted by Crippen LogP contribution is -2.40. The van der Waals surface area contributed by atoms with E-state index in [1.165, 1.54) is 0 Å². The smallest absolute Gasteiger partial charge is 0.287 e. The molecule has 1 aliphatic carbocycles. The van der Waals surface area contributed by atoms with Crippen molar-refractivity contribution in [2.75, 3.05) is 0 Å². The van der Waals surface area contributed by atoms with Crippen LogP contribution in [0, 0.1) is 5.92 Å². The van der Waals surface area contributed by atoms with Crippen LogP contribution in [0.5, 0.6) is 0 Å². The van der Waals surface area contributed by atoms with Crippen molar-refractivity contribution in [3.63, 3.8) is 0 Å². The van der Waals surface area contributed by atoms with E-state index in [1.807, 2.05) is 24.3 Å². The van der Waals surface area contributed by atoms with Crippen LogP contribution in [0.2, 0.25) is 5.02 Å². The zero-order valence-electron chi connectivity index (χ0n) is 13.4. The second-order valence-corrected chi connectivity index (χ2v) is 6.90. The highest BCUT2D eigenvalue weighted by Gasteiger charge is 2.34. The van der Waals surface area contributed by atoms with E-state index < -0.39 is 6.10 Å². The van der Waals surface area contributed by atoms with Crippen LogP contribution in [0.4, 0.5) is 0 Å². The highest BCUT2D eigenvalue weighted by atomic mass is 35.5. The van der Waals surface area contributed by atoms with Gasteiger partial charge in [0.15, 0.2) is 5.82 Å². The van der Waals surface area contributed by atoms with Gasteiger partial charge in [0.1, 0.15) is 0 Å². The maximum Gasteiger partial charge on any atom is 0.287 e. The van der Waals surface area contributed by atoms with Gasteiger partial charge in [-0.15, -0.1) is 0 Å². The molecule has 0 radical (unpaired) electrons. The third-order valence-corrected chi connectivity index (χ3v) is 4.79. The van der Waals surface area contributed by atoms with Crippen molar-refractivity contribution in [1.29, 1.82) is 0 Å². The SMILES string of the molecule is O=C(N[C@@H]1CC(Cn2cc(Cl)cn2)C[C@H]1O)c1nc2ccccc2[nH]1. The molecule has 1 unspecified atom stereocenters. The molecular weight excluding hydrogens is 342 g/mol. The molecule has 0 aliphatic heterocycles. The molecule has 1 amide bonds. The van der Waals surface area contributed by atoms with Crippen molar-refractivity contribution in [3.05, 3.63) is 47.5 Å². The Morgan fingerprint density at radius 2 is 2.24 bits per heavy atom. The molecular formula is C17H18ClN5O2. The van der Waals surface area contributed by atoms with Gasteiger partial charge in [-0.2, -0.15) is 5.10 Å². The van der Waals surface area contributed by atoms with Crippen LogP contribution in [0.1, 0.15) is 23.5 Å². The first-order chi connectivity index (χ1) is 12.1. The van der Waals surface area contributed by atoms with Crippen LogP contribution in [0.3, 0.4) is 0 Å². The topological polar surface area (TPSA) is 95.8 Å². The second-order valence-electron chi connectivity index (χ2n) is 6.47. The molecule has 0 bridgehead atoms. The Hall–Kier alpha value is -2.38. The fraction of sp³-hybridized carbons (Fsp3) is 0.353. The molecule has 1 saturated carbocycles. The first-order valence-corrected chi connectivity index (χ1v) is 8.58. The lowest BCUT2D eigenvalue weighted by atomic mass is 10.1. The van der Waals surface area contributed by atoms with Gasteiger partial charge in [-0.1, -0.05) is 23.7 Å². The normalized spacial score (nSPS) is 23.2. The van der Waals surface area contributed by atoms with Crippen LogP contribution >= 0.6 is 11.6 Å². The number of fused-ring (bicyclic) bond motifs is 1. The van der Waals surface area contributed by atoms with Gasteiger partial charge in [-0.05, 0) is 30.9 Å². The van der Waals surface area contributed by atoms with Crippen molar-refractivity contribution in [3.8, 4) is 0 Å². The lowest BCUT2D eigenvalue weighted by Gasteiger charge is -2.15. The van der Waals surface area contributed by atoms with Crippen LogP contribution in [0.15, 0.2) is 36.7 Å². The van der Waals surface area contributed by atoms with E-state index >= 15 is 0 Å². The zero-order chi connectivity index (χ0) is 17.4. The summed E-state index contributed by atoms with van der Waals surface area (Å²) in [5.41, 5.74) is 1.56. The van der Waals surface area contributed by atoms with Gasteiger partial charge in [-0.25, -0.2) is 4.98 Å². The van der Waals surface area contributed by atoms with E-state index in [0.717, 1.165) is 11.0 Å². The van der Waals surface area contributed by atoms with Crippen molar-refractivity contribution in [2.24, 2.45) is 5.92 Å².